The summed E-state index contributed by atoms with van der Waals surface area (Å²) in [5.74, 6) is -5.47. The minimum Gasteiger partial charge on any atom is -0.397 e. The number of carbonyl (C=O) groups excluding carboxylic acids is 1. The molecule has 3 N–H and O–H groups in total. The van der Waals surface area contributed by atoms with Crippen LogP contribution in [0.25, 0.3) is 0 Å². The Morgan fingerprint density at radius 2 is 1.80 bits per heavy atom. The lowest BCUT2D eigenvalue weighted by Gasteiger charge is -2.11. The van der Waals surface area contributed by atoms with Crippen LogP contribution in [0.15, 0.2) is 30.3 Å². The average Bonchev–Trinajstić information content (AvgIpc) is 2.40. The van der Waals surface area contributed by atoms with Crippen molar-refractivity contribution in [3.8, 4) is 0 Å². The largest absolute Gasteiger partial charge is 0.397 e. The van der Waals surface area contributed by atoms with Gasteiger partial charge in [0.1, 0.15) is 0 Å². The lowest BCUT2D eigenvalue weighted by Crippen LogP contribution is -2.16. The first kappa shape index (κ1) is 13.9. The average molecular weight is 280 g/mol. The third-order valence-electron chi connectivity index (χ3n) is 2.82. The molecular weight excluding hydrogens is 269 g/mol. The van der Waals surface area contributed by atoms with Gasteiger partial charge in [-0.05, 0) is 30.7 Å². The summed E-state index contributed by atoms with van der Waals surface area (Å²) >= 11 is 0. The van der Waals surface area contributed by atoms with Crippen molar-refractivity contribution in [2.24, 2.45) is 0 Å². The molecule has 0 aliphatic carbocycles. The zero-order chi connectivity index (χ0) is 14.9. The predicted octanol–water partition coefficient (Wildman–Crippen LogP) is 3.25. The van der Waals surface area contributed by atoms with Crippen molar-refractivity contribution in [1.29, 1.82) is 0 Å². The molecule has 2 rings (SSSR count). The predicted molar refractivity (Wildman–Crippen MR) is 69.9 cm³/mol. The number of amides is 1. The number of aryl methyl sites for hydroxylation is 1. The molecule has 20 heavy (non-hydrogen) atoms. The number of halogens is 3. The number of anilines is 2. The second-order valence-electron chi connectivity index (χ2n) is 4.22. The van der Waals surface area contributed by atoms with E-state index in [0.717, 1.165) is 6.07 Å². The Labute approximate surface area is 113 Å². The van der Waals surface area contributed by atoms with E-state index in [1.54, 1.807) is 25.1 Å². The standard InChI is InChI=1S/C14H11F3N2O/c1-7-3-2-4-10(18)13(7)19-14(20)8-5-6-9(15)12(17)11(8)16/h2-6H,18H2,1H3,(H,19,20). The van der Waals surface area contributed by atoms with Crippen LogP contribution in [0.3, 0.4) is 0 Å². The third-order valence-corrected chi connectivity index (χ3v) is 2.82. The number of hydrogen-bond acceptors (Lipinski definition) is 2. The van der Waals surface area contributed by atoms with Gasteiger partial charge in [-0.1, -0.05) is 12.1 Å². The van der Waals surface area contributed by atoms with E-state index >= 15 is 0 Å². The van der Waals surface area contributed by atoms with Crippen molar-refractivity contribution < 1.29 is 18.0 Å². The first-order valence-corrected chi connectivity index (χ1v) is 5.71. The minimum atomic E-state index is -1.68. The van der Waals surface area contributed by atoms with Crippen molar-refractivity contribution in [3.63, 3.8) is 0 Å². The van der Waals surface area contributed by atoms with Crippen LogP contribution >= 0.6 is 0 Å². The summed E-state index contributed by atoms with van der Waals surface area (Å²) in [6.45, 7) is 1.70. The van der Waals surface area contributed by atoms with Crippen molar-refractivity contribution >= 4 is 17.3 Å². The van der Waals surface area contributed by atoms with E-state index in [9.17, 15) is 18.0 Å². The molecule has 0 aromatic heterocycles. The summed E-state index contributed by atoms with van der Waals surface area (Å²) in [5, 5.41) is 2.39. The van der Waals surface area contributed by atoms with Crippen molar-refractivity contribution in [1.82, 2.24) is 0 Å². The van der Waals surface area contributed by atoms with Crippen LogP contribution in [-0.2, 0) is 0 Å². The molecule has 0 bridgehead atoms. The van der Waals surface area contributed by atoms with E-state index in [2.05, 4.69) is 5.32 Å². The number of nitrogens with two attached hydrogens (primary N) is 1. The summed E-state index contributed by atoms with van der Waals surface area (Å²) < 4.78 is 39.4. The molecule has 2 aromatic rings. The maximum absolute atomic E-state index is 13.5. The molecule has 0 atom stereocenters. The monoisotopic (exact) mass is 280 g/mol. The van der Waals surface area contributed by atoms with Crippen LogP contribution in [0, 0.1) is 24.4 Å². The smallest absolute Gasteiger partial charge is 0.258 e. The number of hydrogen-bond donors (Lipinski definition) is 2. The maximum Gasteiger partial charge on any atom is 0.258 e. The van der Waals surface area contributed by atoms with E-state index in [1.165, 1.54) is 0 Å². The van der Waals surface area contributed by atoms with Crippen LogP contribution < -0.4 is 11.1 Å². The summed E-state index contributed by atoms with van der Waals surface area (Å²) in [4.78, 5) is 11.9. The van der Waals surface area contributed by atoms with E-state index in [-0.39, 0.29) is 0 Å². The molecule has 0 aliphatic rings. The lowest BCUT2D eigenvalue weighted by molar-refractivity contribution is 0.102. The van der Waals surface area contributed by atoms with Crippen molar-refractivity contribution in [3.05, 3.63) is 58.9 Å². The highest BCUT2D eigenvalue weighted by Gasteiger charge is 2.19. The molecule has 0 unspecified atom stereocenters. The van der Waals surface area contributed by atoms with Gasteiger partial charge in [0.25, 0.3) is 5.91 Å². The summed E-state index contributed by atoms with van der Waals surface area (Å²) in [6, 6.07) is 6.52. The highest BCUT2D eigenvalue weighted by molar-refractivity contribution is 6.06. The molecule has 3 nitrogen and oxygen atoms in total. The molecule has 6 heteroatoms. The molecule has 0 saturated heterocycles. The maximum atomic E-state index is 13.5. The highest BCUT2D eigenvalue weighted by atomic mass is 19.2. The number of para-hydroxylation sites is 1. The minimum absolute atomic E-state index is 0.293. The molecule has 1 amide bonds. The van der Waals surface area contributed by atoms with Crippen molar-refractivity contribution in [2.45, 2.75) is 6.92 Å². The third kappa shape index (κ3) is 2.45. The molecule has 0 fully saturated rings. The normalized spacial score (nSPS) is 10.4. The second-order valence-corrected chi connectivity index (χ2v) is 4.22. The zero-order valence-electron chi connectivity index (χ0n) is 10.5. The fourth-order valence-electron chi connectivity index (χ4n) is 1.74. The van der Waals surface area contributed by atoms with Gasteiger partial charge in [0.05, 0.1) is 16.9 Å². The topological polar surface area (TPSA) is 55.1 Å². The number of carbonyl (C=O) groups is 1. The summed E-state index contributed by atoms with van der Waals surface area (Å²) in [5.41, 5.74) is 6.37. The summed E-state index contributed by atoms with van der Waals surface area (Å²) in [7, 11) is 0. The van der Waals surface area contributed by atoms with E-state index in [0.29, 0.717) is 23.0 Å². The van der Waals surface area contributed by atoms with E-state index < -0.39 is 28.9 Å². The summed E-state index contributed by atoms with van der Waals surface area (Å²) in [6.07, 6.45) is 0. The number of nitrogen functional groups attached to an aromatic ring is 1. The van der Waals surface area contributed by atoms with Crippen LogP contribution in [0.5, 0.6) is 0 Å². The molecule has 0 aliphatic heterocycles. The number of benzene rings is 2. The van der Waals surface area contributed by atoms with Gasteiger partial charge in [-0.3, -0.25) is 4.79 Å². The Bertz CT molecular complexity index is 666. The first-order chi connectivity index (χ1) is 9.41. The Morgan fingerprint density at radius 3 is 2.45 bits per heavy atom. The Kier molecular flexibility index (Phi) is 3.65. The van der Waals surface area contributed by atoms with Gasteiger partial charge in [-0.15, -0.1) is 0 Å². The second kappa shape index (κ2) is 5.24. The van der Waals surface area contributed by atoms with Gasteiger partial charge in [-0.2, -0.15) is 0 Å². The van der Waals surface area contributed by atoms with Gasteiger partial charge < -0.3 is 11.1 Å². The number of nitrogens with one attached hydrogen (secondary N) is 1. The van der Waals surface area contributed by atoms with Crippen LogP contribution in [0.2, 0.25) is 0 Å². The molecule has 2 aromatic carbocycles. The van der Waals surface area contributed by atoms with Crippen molar-refractivity contribution in [2.75, 3.05) is 11.1 Å². The van der Waals surface area contributed by atoms with Crippen LogP contribution in [-0.4, -0.2) is 5.91 Å². The van der Waals surface area contributed by atoms with Crippen LogP contribution in [0.4, 0.5) is 24.5 Å². The Balaban J connectivity index is 2.36. The van der Waals surface area contributed by atoms with Gasteiger partial charge in [0.2, 0.25) is 0 Å². The van der Waals surface area contributed by atoms with Gasteiger partial charge in [0, 0.05) is 0 Å². The molecular formula is C14H11F3N2O. The van der Waals surface area contributed by atoms with Gasteiger partial charge in [-0.25, -0.2) is 13.2 Å². The molecule has 0 radical (unpaired) electrons. The molecule has 104 valence electrons. The lowest BCUT2D eigenvalue weighted by atomic mass is 10.1. The first-order valence-electron chi connectivity index (χ1n) is 5.71. The van der Waals surface area contributed by atoms with Gasteiger partial charge >= 0.3 is 0 Å². The van der Waals surface area contributed by atoms with Crippen LogP contribution in [0.1, 0.15) is 15.9 Å². The quantitative estimate of drug-likeness (QED) is 0.655. The molecule has 0 spiro atoms. The van der Waals surface area contributed by atoms with E-state index in [1.807, 2.05) is 0 Å². The SMILES string of the molecule is Cc1cccc(N)c1NC(=O)c1ccc(F)c(F)c1F. The fourth-order valence-corrected chi connectivity index (χ4v) is 1.74. The Hall–Kier alpha value is -2.50. The molecule has 0 saturated carbocycles. The number of rotatable bonds is 2. The fraction of sp³-hybridized carbons (Fsp3) is 0.0714. The van der Waals surface area contributed by atoms with Gasteiger partial charge in [0.15, 0.2) is 17.5 Å². The van der Waals surface area contributed by atoms with E-state index in [4.69, 9.17) is 5.73 Å². The highest BCUT2D eigenvalue weighted by Crippen LogP contribution is 2.24. The Morgan fingerprint density at radius 1 is 1.10 bits per heavy atom. The molecule has 0 heterocycles. The zero-order valence-corrected chi connectivity index (χ0v) is 10.5.